The van der Waals surface area contributed by atoms with Crippen molar-refractivity contribution in [2.45, 2.75) is 32.2 Å². The van der Waals surface area contributed by atoms with Gasteiger partial charge in [-0.15, -0.1) is 0 Å². The number of oxazole rings is 1. The van der Waals surface area contributed by atoms with Crippen LogP contribution < -0.4 is 11.1 Å². The Morgan fingerprint density at radius 3 is 2.82 bits per heavy atom. The standard InChI is InChI=1S/C21H20N2O5/c1-2-27-20(25)14-5-4-13-10-16(11-15(13)9-14)22-19(24)8-12-3-6-18-17(7-12)23-21(26)28-18/h3-7,9,16H,2,8,10-11H2,1H3,(H,22,24)(H,23,26). The number of hydrogen-bond acceptors (Lipinski definition) is 5. The zero-order valence-electron chi connectivity index (χ0n) is 15.4. The normalized spacial score (nSPS) is 15.4. The third kappa shape index (κ3) is 3.69. The summed E-state index contributed by atoms with van der Waals surface area (Å²) in [5.74, 6) is -0.929. The molecule has 0 radical (unpaired) electrons. The van der Waals surface area contributed by atoms with Gasteiger partial charge in [-0.2, -0.15) is 0 Å². The number of carbonyl (C=O) groups excluding carboxylic acids is 2. The van der Waals surface area contributed by atoms with Gasteiger partial charge < -0.3 is 14.5 Å². The predicted octanol–water partition coefficient (Wildman–Crippen LogP) is 2.12. The van der Waals surface area contributed by atoms with Gasteiger partial charge in [0.25, 0.3) is 0 Å². The molecule has 1 heterocycles. The number of H-pyrrole nitrogens is 1. The van der Waals surface area contributed by atoms with Crippen LogP contribution in [0.3, 0.4) is 0 Å². The van der Waals surface area contributed by atoms with E-state index in [1.54, 1.807) is 31.2 Å². The fraction of sp³-hybridized carbons (Fsp3) is 0.286. The Labute approximate surface area is 160 Å². The number of ether oxygens (including phenoxy) is 1. The largest absolute Gasteiger partial charge is 0.462 e. The Morgan fingerprint density at radius 1 is 1.18 bits per heavy atom. The molecule has 28 heavy (non-hydrogen) atoms. The number of esters is 1. The number of aromatic nitrogens is 1. The monoisotopic (exact) mass is 380 g/mol. The van der Waals surface area contributed by atoms with Gasteiger partial charge in [0.1, 0.15) is 0 Å². The SMILES string of the molecule is CCOC(=O)c1ccc2c(c1)CC(NC(=O)Cc1ccc3oc(=O)[nH]c3c1)C2. The van der Waals surface area contributed by atoms with Crippen LogP contribution in [0.5, 0.6) is 0 Å². The van der Waals surface area contributed by atoms with Gasteiger partial charge in [-0.25, -0.2) is 9.59 Å². The Kier molecular flexibility index (Phi) is 4.73. The zero-order chi connectivity index (χ0) is 19.7. The number of amides is 1. The average molecular weight is 380 g/mol. The van der Waals surface area contributed by atoms with Crippen LogP contribution in [0.1, 0.15) is 34.0 Å². The van der Waals surface area contributed by atoms with E-state index in [0.29, 0.717) is 29.7 Å². The average Bonchev–Trinajstić information content (AvgIpc) is 3.22. The molecule has 2 N–H and O–H groups in total. The second kappa shape index (κ2) is 7.34. The van der Waals surface area contributed by atoms with Crippen LogP contribution in [0, 0.1) is 0 Å². The first-order chi connectivity index (χ1) is 13.5. The van der Waals surface area contributed by atoms with Crippen LogP contribution in [0.25, 0.3) is 11.1 Å². The van der Waals surface area contributed by atoms with Crippen molar-refractivity contribution < 1.29 is 18.7 Å². The van der Waals surface area contributed by atoms with E-state index in [1.807, 2.05) is 12.1 Å². The Balaban J connectivity index is 1.39. The molecule has 144 valence electrons. The molecular formula is C21H20N2O5. The first-order valence-electron chi connectivity index (χ1n) is 9.22. The lowest BCUT2D eigenvalue weighted by atomic mass is 10.1. The summed E-state index contributed by atoms with van der Waals surface area (Å²) >= 11 is 0. The molecule has 0 saturated heterocycles. The summed E-state index contributed by atoms with van der Waals surface area (Å²) in [6, 6.07) is 10.7. The summed E-state index contributed by atoms with van der Waals surface area (Å²) in [6.45, 7) is 2.12. The quantitative estimate of drug-likeness (QED) is 0.660. The summed E-state index contributed by atoms with van der Waals surface area (Å²) in [5.41, 5.74) is 4.58. The molecule has 1 aromatic heterocycles. The molecule has 1 amide bonds. The van der Waals surface area contributed by atoms with E-state index in [2.05, 4.69) is 10.3 Å². The van der Waals surface area contributed by atoms with E-state index in [1.165, 1.54) is 0 Å². The fourth-order valence-electron chi connectivity index (χ4n) is 3.63. The Hall–Kier alpha value is -3.35. The van der Waals surface area contributed by atoms with Crippen LogP contribution >= 0.6 is 0 Å². The maximum Gasteiger partial charge on any atom is 0.417 e. The molecule has 0 fully saturated rings. The lowest BCUT2D eigenvalue weighted by Gasteiger charge is -2.12. The third-order valence-corrected chi connectivity index (χ3v) is 4.86. The lowest BCUT2D eigenvalue weighted by molar-refractivity contribution is -0.121. The zero-order valence-corrected chi connectivity index (χ0v) is 15.4. The van der Waals surface area contributed by atoms with Crippen molar-refractivity contribution >= 4 is 23.0 Å². The number of aromatic amines is 1. The molecule has 0 aliphatic heterocycles. The fourth-order valence-corrected chi connectivity index (χ4v) is 3.63. The molecule has 0 bridgehead atoms. The summed E-state index contributed by atoms with van der Waals surface area (Å²) < 4.78 is 10.0. The molecule has 1 atom stereocenters. The second-order valence-electron chi connectivity index (χ2n) is 6.90. The van der Waals surface area contributed by atoms with E-state index in [4.69, 9.17) is 9.15 Å². The first kappa shape index (κ1) is 18.0. The van der Waals surface area contributed by atoms with Gasteiger partial charge in [0.15, 0.2) is 5.58 Å². The van der Waals surface area contributed by atoms with Crippen molar-refractivity contribution in [1.29, 1.82) is 0 Å². The van der Waals surface area contributed by atoms with Crippen LogP contribution in [0.4, 0.5) is 0 Å². The Bertz CT molecular complexity index is 1110. The smallest absolute Gasteiger partial charge is 0.417 e. The van der Waals surface area contributed by atoms with Crippen LogP contribution in [0.15, 0.2) is 45.6 Å². The summed E-state index contributed by atoms with van der Waals surface area (Å²) in [4.78, 5) is 38.1. The maximum absolute atomic E-state index is 12.4. The minimum atomic E-state index is -0.512. The molecule has 1 unspecified atom stereocenters. The molecule has 0 spiro atoms. The number of benzene rings is 2. The van der Waals surface area contributed by atoms with Crippen molar-refractivity contribution in [3.05, 3.63) is 69.2 Å². The summed E-state index contributed by atoms with van der Waals surface area (Å²) in [6.07, 6.45) is 1.63. The predicted molar refractivity (Wildman–Crippen MR) is 102 cm³/mol. The van der Waals surface area contributed by atoms with E-state index in [0.717, 1.165) is 23.1 Å². The van der Waals surface area contributed by atoms with Gasteiger partial charge in [0.2, 0.25) is 5.91 Å². The van der Waals surface area contributed by atoms with E-state index in [-0.39, 0.29) is 24.3 Å². The summed E-state index contributed by atoms with van der Waals surface area (Å²) in [7, 11) is 0. The van der Waals surface area contributed by atoms with Gasteiger partial charge in [-0.1, -0.05) is 12.1 Å². The Morgan fingerprint density at radius 2 is 2.00 bits per heavy atom. The highest BCUT2D eigenvalue weighted by atomic mass is 16.5. The number of rotatable bonds is 5. The van der Waals surface area contributed by atoms with Crippen molar-refractivity contribution in [2.75, 3.05) is 6.61 Å². The molecule has 4 rings (SSSR count). The van der Waals surface area contributed by atoms with Crippen molar-refractivity contribution in [2.24, 2.45) is 0 Å². The van der Waals surface area contributed by atoms with Crippen molar-refractivity contribution in [3.63, 3.8) is 0 Å². The van der Waals surface area contributed by atoms with Crippen LogP contribution in [0.2, 0.25) is 0 Å². The third-order valence-electron chi connectivity index (χ3n) is 4.86. The molecule has 0 saturated carbocycles. The van der Waals surface area contributed by atoms with E-state index >= 15 is 0 Å². The highest BCUT2D eigenvalue weighted by Gasteiger charge is 2.24. The molecule has 7 nitrogen and oxygen atoms in total. The molecule has 1 aliphatic carbocycles. The van der Waals surface area contributed by atoms with Crippen LogP contribution in [-0.2, 0) is 28.8 Å². The van der Waals surface area contributed by atoms with Gasteiger partial charge in [-0.05, 0) is 60.7 Å². The molecule has 1 aliphatic rings. The number of nitrogens with one attached hydrogen (secondary N) is 2. The van der Waals surface area contributed by atoms with Gasteiger partial charge in [0.05, 0.1) is 24.1 Å². The molecule has 3 aromatic rings. The number of fused-ring (bicyclic) bond motifs is 2. The molecule has 7 heteroatoms. The summed E-state index contributed by atoms with van der Waals surface area (Å²) in [5, 5.41) is 3.05. The highest BCUT2D eigenvalue weighted by Crippen LogP contribution is 2.24. The molecule has 2 aromatic carbocycles. The van der Waals surface area contributed by atoms with E-state index < -0.39 is 5.76 Å². The molecular weight excluding hydrogens is 360 g/mol. The lowest BCUT2D eigenvalue weighted by Crippen LogP contribution is -2.36. The maximum atomic E-state index is 12.4. The van der Waals surface area contributed by atoms with Crippen molar-refractivity contribution in [1.82, 2.24) is 10.3 Å². The number of hydrogen-bond donors (Lipinski definition) is 2. The van der Waals surface area contributed by atoms with E-state index in [9.17, 15) is 14.4 Å². The van der Waals surface area contributed by atoms with Crippen molar-refractivity contribution in [3.8, 4) is 0 Å². The minimum absolute atomic E-state index is 0.00240. The topological polar surface area (TPSA) is 101 Å². The van der Waals surface area contributed by atoms with Crippen LogP contribution in [-0.4, -0.2) is 29.5 Å². The van der Waals surface area contributed by atoms with Gasteiger partial charge in [-0.3, -0.25) is 9.78 Å². The highest BCUT2D eigenvalue weighted by molar-refractivity contribution is 5.89. The van der Waals surface area contributed by atoms with Gasteiger partial charge >= 0.3 is 11.7 Å². The van der Waals surface area contributed by atoms with Gasteiger partial charge in [0, 0.05) is 6.04 Å². The number of carbonyl (C=O) groups is 2. The second-order valence-corrected chi connectivity index (χ2v) is 6.90. The minimum Gasteiger partial charge on any atom is -0.462 e. The first-order valence-corrected chi connectivity index (χ1v) is 9.22.